The summed E-state index contributed by atoms with van der Waals surface area (Å²) in [4.78, 5) is 13.3. The summed E-state index contributed by atoms with van der Waals surface area (Å²) in [6.07, 6.45) is 3.16. The minimum Gasteiger partial charge on any atom is -0.372 e. The first-order chi connectivity index (χ1) is 6.24. The van der Waals surface area contributed by atoms with Crippen LogP contribution in [0.3, 0.4) is 0 Å². The minimum absolute atomic E-state index is 0.106. The summed E-state index contributed by atoms with van der Waals surface area (Å²) in [6, 6.07) is 0. The summed E-state index contributed by atoms with van der Waals surface area (Å²) in [5, 5.41) is 0. The summed E-state index contributed by atoms with van der Waals surface area (Å²) in [5.41, 5.74) is 1.27. The third kappa shape index (κ3) is 3.19. The quantitative estimate of drug-likeness (QED) is 0.615. The Balaban J connectivity index is 2.35. The molecule has 0 aromatic heterocycles. The van der Waals surface area contributed by atoms with Crippen molar-refractivity contribution in [3.8, 4) is 0 Å². The molecule has 1 amide bonds. The zero-order valence-electron chi connectivity index (χ0n) is 8.38. The monoisotopic (exact) mass is 183 g/mol. The summed E-state index contributed by atoms with van der Waals surface area (Å²) in [5.74, 6) is 0.106. The van der Waals surface area contributed by atoms with Crippen LogP contribution < -0.4 is 0 Å². The predicted molar refractivity (Wildman–Crippen MR) is 51.4 cm³/mol. The van der Waals surface area contributed by atoms with Crippen molar-refractivity contribution in [2.45, 2.75) is 20.3 Å². The maximum absolute atomic E-state index is 11.5. The van der Waals surface area contributed by atoms with Gasteiger partial charge in [0.05, 0.1) is 0 Å². The first kappa shape index (κ1) is 10.3. The van der Waals surface area contributed by atoms with Crippen LogP contribution in [0, 0.1) is 0 Å². The maximum Gasteiger partial charge on any atom is 0.248 e. The number of amides is 1. The van der Waals surface area contributed by atoms with Crippen molar-refractivity contribution < 1.29 is 9.53 Å². The van der Waals surface area contributed by atoms with Crippen LogP contribution >= 0.6 is 0 Å². The van der Waals surface area contributed by atoms with Gasteiger partial charge in [0, 0.05) is 19.7 Å². The Morgan fingerprint density at radius 1 is 1.69 bits per heavy atom. The van der Waals surface area contributed by atoms with Gasteiger partial charge in [-0.15, -0.1) is 0 Å². The molecule has 0 spiro atoms. The van der Waals surface area contributed by atoms with Crippen LogP contribution in [-0.2, 0) is 9.53 Å². The fourth-order valence-electron chi connectivity index (χ4n) is 1.40. The molecule has 1 rings (SSSR count). The lowest BCUT2D eigenvalue weighted by atomic mass is 10.1. The Bertz CT molecular complexity index is 211. The SMILES string of the molecule is CCOCC(=O)N1CCC=C(C)C1. The Kier molecular flexibility index (Phi) is 3.96. The molecule has 0 unspecified atom stereocenters. The average Bonchev–Trinajstić information content (AvgIpc) is 2.14. The molecule has 3 nitrogen and oxygen atoms in total. The third-order valence-corrected chi connectivity index (χ3v) is 2.11. The fraction of sp³-hybridized carbons (Fsp3) is 0.700. The van der Waals surface area contributed by atoms with Crippen LogP contribution in [0.5, 0.6) is 0 Å². The van der Waals surface area contributed by atoms with E-state index in [1.807, 2.05) is 11.8 Å². The van der Waals surface area contributed by atoms with Crippen molar-refractivity contribution in [3.05, 3.63) is 11.6 Å². The number of hydrogen-bond acceptors (Lipinski definition) is 2. The van der Waals surface area contributed by atoms with Gasteiger partial charge in [0.2, 0.25) is 5.91 Å². The lowest BCUT2D eigenvalue weighted by molar-refractivity contribution is -0.135. The molecule has 3 heteroatoms. The topological polar surface area (TPSA) is 29.5 Å². The van der Waals surface area contributed by atoms with Gasteiger partial charge in [-0.1, -0.05) is 11.6 Å². The summed E-state index contributed by atoms with van der Waals surface area (Å²) in [7, 11) is 0. The second-order valence-electron chi connectivity index (χ2n) is 3.29. The Labute approximate surface area is 79.4 Å². The average molecular weight is 183 g/mol. The van der Waals surface area contributed by atoms with Gasteiger partial charge in [-0.05, 0) is 20.3 Å². The van der Waals surface area contributed by atoms with Gasteiger partial charge in [-0.3, -0.25) is 4.79 Å². The van der Waals surface area contributed by atoms with Crippen molar-refractivity contribution >= 4 is 5.91 Å². The first-order valence-corrected chi connectivity index (χ1v) is 4.75. The smallest absolute Gasteiger partial charge is 0.248 e. The first-order valence-electron chi connectivity index (χ1n) is 4.75. The maximum atomic E-state index is 11.5. The van der Waals surface area contributed by atoms with Gasteiger partial charge in [-0.25, -0.2) is 0 Å². The van der Waals surface area contributed by atoms with E-state index in [9.17, 15) is 4.79 Å². The van der Waals surface area contributed by atoms with Gasteiger partial charge < -0.3 is 9.64 Å². The predicted octanol–water partition coefficient (Wildman–Crippen LogP) is 1.20. The molecule has 1 aliphatic heterocycles. The van der Waals surface area contributed by atoms with Gasteiger partial charge in [-0.2, -0.15) is 0 Å². The molecule has 0 saturated carbocycles. The van der Waals surface area contributed by atoms with Gasteiger partial charge in [0.15, 0.2) is 0 Å². The number of ether oxygens (including phenoxy) is 1. The molecule has 1 heterocycles. The van der Waals surface area contributed by atoms with Gasteiger partial charge in [0.1, 0.15) is 6.61 Å². The normalized spacial score (nSPS) is 17.1. The van der Waals surface area contributed by atoms with E-state index >= 15 is 0 Å². The molecule has 74 valence electrons. The van der Waals surface area contributed by atoms with Crippen LogP contribution in [0.15, 0.2) is 11.6 Å². The van der Waals surface area contributed by atoms with Crippen LogP contribution in [0.1, 0.15) is 20.3 Å². The van der Waals surface area contributed by atoms with E-state index in [0.29, 0.717) is 6.61 Å². The van der Waals surface area contributed by atoms with E-state index in [4.69, 9.17) is 4.74 Å². The van der Waals surface area contributed by atoms with Crippen LogP contribution in [-0.4, -0.2) is 37.1 Å². The largest absolute Gasteiger partial charge is 0.372 e. The molecule has 0 atom stereocenters. The lowest BCUT2D eigenvalue weighted by Gasteiger charge is -2.25. The second-order valence-corrected chi connectivity index (χ2v) is 3.29. The highest BCUT2D eigenvalue weighted by molar-refractivity contribution is 5.77. The van der Waals surface area contributed by atoms with E-state index in [2.05, 4.69) is 13.0 Å². The molecule has 0 aromatic rings. The van der Waals surface area contributed by atoms with Gasteiger partial charge >= 0.3 is 0 Å². The molecule has 0 saturated heterocycles. The van der Waals surface area contributed by atoms with Crippen LogP contribution in [0.4, 0.5) is 0 Å². The van der Waals surface area contributed by atoms with Crippen LogP contribution in [0.25, 0.3) is 0 Å². The summed E-state index contributed by atoms with van der Waals surface area (Å²) >= 11 is 0. The van der Waals surface area contributed by atoms with Crippen molar-refractivity contribution in [1.29, 1.82) is 0 Å². The molecule has 0 fully saturated rings. The van der Waals surface area contributed by atoms with Crippen molar-refractivity contribution in [1.82, 2.24) is 4.90 Å². The molecule has 0 aromatic carbocycles. The van der Waals surface area contributed by atoms with Crippen molar-refractivity contribution in [3.63, 3.8) is 0 Å². The highest BCUT2D eigenvalue weighted by atomic mass is 16.5. The molecular formula is C10H17NO2. The summed E-state index contributed by atoms with van der Waals surface area (Å²) in [6.45, 7) is 6.39. The number of rotatable bonds is 3. The number of carbonyl (C=O) groups excluding carboxylic acids is 1. The van der Waals surface area contributed by atoms with Crippen molar-refractivity contribution in [2.75, 3.05) is 26.3 Å². The zero-order valence-corrected chi connectivity index (χ0v) is 8.38. The van der Waals surface area contributed by atoms with Crippen molar-refractivity contribution in [2.24, 2.45) is 0 Å². The Morgan fingerprint density at radius 3 is 3.08 bits per heavy atom. The number of nitrogens with zero attached hydrogens (tertiary/aromatic N) is 1. The minimum atomic E-state index is 0.106. The lowest BCUT2D eigenvalue weighted by Crippen LogP contribution is -2.37. The van der Waals surface area contributed by atoms with Gasteiger partial charge in [0.25, 0.3) is 0 Å². The van der Waals surface area contributed by atoms with E-state index in [1.54, 1.807) is 0 Å². The molecule has 0 N–H and O–H groups in total. The molecule has 0 bridgehead atoms. The summed E-state index contributed by atoms with van der Waals surface area (Å²) < 4.78 is 5.07. The highest BCUT2D eigenvalue weighted by Crippen LogP contribution is 2.08. The van der Waals surface area contributed by atoms with E-state index in [0.717, 1.165) is 19.5 Å². The molecule has 1 aliphatic rings. The zero-order chi connectivity index (χ0) is 9.68. The Morgan fingerprint density at radius 2 is 2.46 bits per heavy atom. The fourth-order valence-corrected chi connectivity index (χ4v) is 1.40. The highest BCUT2D eigenvalue weighted by Gasteiger charge is 2.15. The molecule has 0 radical (unpaired) electrons. The molecule has 13 heavy (non-hydrogen) atoms. The Hall–Kier alpha value is -0.830. The van der Waals surface area contributed by atoms with E-state index in [-0.39, 0.29) is 12.5 Å². The van der Waals surface area contributed by atoms with E-state index < -0.39 is 0 Å². The number of carbonyl (C=O) groups is 1. The standard InChI is InChI=1S/C10H17NO2/c1-3-13-8-10(12)11-6-4-5-9(2)7-11/h5H,3-4,6-8H2,1-2H3. The molecular weight excluding hydrogens is 166 g/mol. The van der Waals surface area contributed by atoms with E-state index in [1.165, 1.54) is 5.57 Å². The second kappa shape index (κ2) is 5.02. The molecule has 0 aliphatic carbocycles. The number of hydrogen-bond donors (Lipinski definition) is 0. The van der Waals surface area contributed by atoms with Crippen LogP contribution in [0.2, 0.25) is 0 Å². The third-order valence-electron chi connectivity index (χ3n) is 2.11.